The molecule has 1 aromatic heterocycles. The van der Waals surface area contributed by atoms with Crippen molar-refractivity contribution in [1.29, 1.82) is 0 Å². The van der Waals surface area contributed by atoms with E-state index in [2.05, 4.69) is 15.5 Å². The van der Waals surface area contributed by atoms with Crippen LogP contribution in [0.3, 0.4) is 0 Å². The number of hydrogen-bond acceptors (Lipinski definition) is 6. The second kappa shape index (κ2) is 5.88. The first-order valence-electron chi connectivity index (χ1n) is 6.34. The number of hydrogen-bond donors (Lipinski definition) is 1. The quantitative estimate of drug-likeness (QED) is 0.837. The Balaban J connectivity index is 1.88. The van der Waals surface area contributed by atoms with Gasteiger partial charge in [-0.25, -0.2) is 0 Å². The van der Waals surface area contributed by atoms with Gasteiger partial charge in [-0.2, -0.15) is 0 Å². The number of carbonyl (C=O) groups is 3. The third-order valence-electron chi connectivity index (χ3n) is 3.32. The van der Waals surface area contributed by atoms with Crippen molar-refractivity contribution < 1.29 is 14.4 Å². The van der Waals surface area contributed by atoms with E-state index in [1.165, 1.54) is 24.6 Å². The van der Waals surface area contributed by atoms with Gasteiger partial charge in [0.05, 0.1) is 21.2 Å². The number of halogens is 2. The molecule has 0 fully saturated rings. The van der Waals surface area contributed by atoms with Crippen molar-refractivity contribution in [3.05, 3.63) is 38.8 Å². The molecule has 1 aromatic carbocycles. The molecule has 0 aliphatic carbocycles. The molecule has 1 atom stereocenters. The summed E-state index contributed by atoms with van der Waals surface area (Å²) < 4.78 is 0. The molecule has 10 heteroatoms. The van der Waals surface area contributed by atoms with Crippen LogP contribution in [-0.4, -0.2) is 38.9 Å². The maximum atomic E-state index is 12.4. The summed E-state index contributed by atoms with van der Waals surface area (Å²) in [6.45, 7) is 1.45. The first-order chi connectivity index (χ1) is 10.9. The van der Waals surface area contributed by atoms with Crippen LogP contribution in [0.4, 0.5) is 5.13 Å². The SMILES string of the molecule is C[C@@H](C(=O)Nc1nncs1)N1C(=O)c2cc(Cl)c(Cl)cc2C1=O. The lowest BCUT2D eigenvalue weighted by atomic mass is 10.1. The zero-order chi connectivity index (χ0) is 16.7. The molecular formula is C13H8Cl2N4O3S. The van der Waals surface area contributed by atoms with Crippen molar-refractivity contribution in [1.82, 2.24) is 15.1 Å². The summed E-state index contributed by atoms with van der Waals surface area (Å²) in [4.78, 5) is 37.9. The molecule has 118 valence electrons. The van der Waals surface area contributed by atoms with E-state index in [9.17, 15) is 14.4 Å². The minimum absolute atomic E-state index is 0.125. The summed E-state index contributed by atoms with van der Waals surface area (Å²) in [7, 11) is 0. The fraction of sp³-hybridized carbons (Fsp3) is 0.154. The van der Waals surface area contributed by atoms with E-state index < -0.39 is 23.8 Å². The molecule has 0 saturated heterocycles. The highest BCUT2D eigenvalue weighted by atomic mass is 35.5. The predicted octanol–water partition coefficient (Wildman–Crippen LogP) is 2.47. The van der Waals surface area contributed by atoms with Crippen molar-refractivity contribution in [3.8, 4) is 0 Å². The molecule has 23 heavy (non-hydrogen) atoms. The van der Waals surface area contributed by atoms with Crippen molar-refractivity contribution >= 4 is 57.4 Å². The van der Waals surface area contributed by atoms with E-state index in [0.717, 1.165) is 16.2 Å². The van der Waals surface area contributed by atoms with Gasteiger partial charge in [-0.3, -0.25) is 24.6 Å². The normalized spacial score (nSPS) is 14.8. The Labute approximate surface area is 144 Å². The number of nitrogens with zero attached hydrogens (tertiary/aromatic N) is 3. The predicted molar refractivity (Wildman–Crippen MR) is 85.0 cm³/mol. The van der Waals surface area contributed by atoms with Gasteiger partial charge >= 0.3 is 0 Å². The second-order valence-electron chi connectivity index (χ2n) is 4.70. The highest BCUT2D eigenvalue weighted by Gasteiger charge is 2.41. The van der Waals surface area contributed by atoms with E-state index in [1.807, 2.05) is 0 Å². The summed E-state index contributed by atoms with van der Waals surface area (Å²) in [6, 6.07) is 1.63. The van der Waals surface area contributed by atoms with Gasteiger partial charge < -0.3 is 0 Å². The lowest BCUT2D eigenvalue weighted by Crippen LogP contribution is -2.45. The molecule has 0 saturated carbocycles. The van der Waals surface area contributed by atoms with E-state index >= 15 is 0 Å². The average molecular weight is 371 g/mol. The maximum absolute atomic E-state index is 12.4. The standard InChI is InChI=1S/C13H8Cl2N4O3S/c1-5(10(20)17-13-18-16-4-23-13)19-11(21)6-2-8(14)9(15)3-7(6)12(19)22/h2-5H,1H3,(H,17,18,20)/t5-/m0/s1. The number of amides is 3. The number of benzene rings is 1. The third-order valence-corrected chi connectivity index (χ3v) is 4.64. The van der Waals surface area contributed by atoms with Crippen molar-refractivity contribution in [3.63, 3.8) is 0 Å². The van der Waals surface area contributed by atoms with E-state index in [-0.39, 0.29) is 26.3 Å². The van der Waals surface area contributed by atoms with Gasteiger partial charge in [0.1, 0.15) is 11.6 Å². The van der Waals surface area contributed by atoms with Crippen LogP contribution in [0, 0.1) is 0 Å². The Bertz CT molecular complexity index is 784. The lowest BCUT2D eigenvalue weighted by molar-refractivity contribution is -0.119. The monoisotopic (exact) mass is 370 g/mol. The Morgan fingerprint density at radius 2 is 1.78 bits per heavy atom. The Morgan fingerprint density at radius 1 is 1.22 bits per heavy atom. The highest BCUT2D eigenvalue weighted by Crippen LogP contribution is 2.32. The number of rotatable bonds is 3. The van der Waals surface area contributed by atoms with Crippen LogP contribution in [0.5, 0.6) is 0 Å². The third kappa shape index (κ3) is 2.69. The fourth-order valence-electron chi connectivity index (χ4n) is 2.16. The van der Waals surface area contributed by atoms with Crippen LogP contribution in [0.15, 0.2) is 17.6 Å². The highest BCUT2D eigenvalue weighted by molar-refractivity contribution is 7.13. The summed E-state index contributed by atoms with van der Waals surface area (Å²) in [5, 5.41) is 10.4. The Kier molecular flexibility index (Phi) is 4.05. The van der Waals surface area contributed by atoms with E-state index in [0.29, 0.717) is 0 Å². The molecule has 2 aromatic rings. The minimum Gasteiger partial charge on any atom is -0.299 e. The minimum atomic E-state index is -1.02. The first kappa shape index (κ1) is 15.9. The van der Waals surface area contributed by atoms with Crippen molar-refractivity contribution in [2.75, 3.05) is 5.32 Å². The average Bonchev–Trinajstić information content (AvgIpc) is 3.09. The van der Waals surface area contributed by atoms with E-state index in [1.54, 1.807) is 0 Å². The Morgan fingerprint density at radius 3 is 2.26 bits per heavy atom. The molecule has 0 unspecified atom stereocenters. The molecule has 7 nitrogen and oxygen atoms in total. The molecule has 1 N–H and O–H groups in total. The summed E-state index contributed by atoms with van der Waals surface area (Å²) in [5.74, 6) is -1.74. The van der Waals surface area contributed by atoms with Gasteiger partial charge in [-0.05, 0) is 19.1 Å². The van der Waals surface area contributed by atoms with Crippen LogP contribution in [0.2, 0.25) is 10.0 Å². The lowest BCUT2D eigenvalue weighted by Gasteiger charge is -2.20. The van der Waals surface area contributed by atoms with Gasteiger partial charge in [-0.1, -0.05) is 34.5 Å². The van der Waals surface area contributed by atoms with Crippen LogP contribution in [-0.2, 0) is 4.79 Å². The first-order valence-corrected chi connectivity index (χ1v) is 7.97. The fourth-order valence-corrected chi connectivity index (χ4v) is 2.93. The number of anilines is 1. The number of aromatic nitrogens is 2. The zero-order valence-electron chi connectivity index (χ0n) is 11.5. The van der Waals surface area contributed by atoms with Gasteiger partial charge in [0.15, 0.2) is 0 Å². The maximum Gasteiger partial charge on any atom is 0.262 e. The van der Waals surface area contributed by atoms with E-state index in [4.69, 9.17) is 23.2 Å². The molecule has 3 rings (SSSR count). The molecule has 0 bridgehead atoms. The topological polar surface area (TPSA) is 92.3 Å². The molecule has 0 radical (unpaired) electrons. The molecular weight excluding hydrogens is 363 g/mol. The second-order valence-corrected chi connectivity index (χ2v) is 6.35. The summed E-state index contributed by atoms with van der Waals surface area (Å²) >= 11 is 12.9. The summed E-state index contributed by atoms with van der Waals surface area (Å²) in [6.07, 6.45) is 0. The van der Waals surface area contributed by atoms with Crippen LogP contribution in [0.25, 0.3) is 0 Å². The van der Waals surface area contributed by atoms with Crippen LogP contribution in [0.1, 0.15) is 27.6 Å². The molecule has 3 amide bonds. The smallest absolute Gasteiger partial charge is 0.262 e. The number of nitrogens with one attached hydrogen (secondary N) is 1. The van der Waals surface area contributed by atoms with Crippen molar-refractivity contribution in [2.24, 2.45) is 0 Å². The van der Waals surface area contributed by atoms with Gasteiger partial charge in [0.25, 0.3) is 11.8 Å². The van der Waals surface area contributed by atoms with Crippen molar-refractivity contribution in [2.45, 2.75) is 13.0 Å². The summed E-state index contributed by atoms with van der Waals surface area (Å²) in [5.41, 5.74) is 1.70. The number of imide groups is 1. The molecule has 1 aliphatic heterocycles. The number of carbonyl (C=O) groups excluding carboxylic acids is 3. The molecule has 2 heterocycles. The molecule has 0 spiro atoms. The van der Waals surface area contributed by atoms with Crippen LogP contribution < -0.4 is 5.32 Å². The molecule has 1 aliphatic rings. The Hall–Kier alpha value is -2.03. The van der Waals surface area contributed by atoms with Gasteiger partial charge in [0, 0.05) is 0 Å². The zero-order valence-corrected chi connectivity index (χ0v) is 13.9. The van der Waals surface area contributed by atoms with Crippen LogP contribution >= 0.6 is 34.5 Å². The largest absolute Gasteiger partial charge is 0.299 e. The van der Waals surface area contributed by atoms with Gasteiger partial charge in [-0.15, -0.1) is 10.2 Å². The van der Waals surface area contributed by atoms with Gasteiger partial charge in [0.2, 0.25) is 11.0 Å². The number of fused-ring (bicyclic) bond motifs is 1.